The Morgan fingerprint density at radius 1 is 1.08 bits per heavy atom. The van der Waals surface area contributed by atoms with Crippen LogP contribution in [0.3, 0.4) is 0 Å². The molecule has 0 radical (unpaired) electrons. The molecule has 3 nitrogen and oxygen atoms in total. The van der Waals surface area contributed by atoms with Crippen LogP contribution in [0.5, 0.6) is 0 Å². The van der Waals surface area contributed by atoms with Crippen LogP contribution < -0.4 is 10.2 Å². The molecule has 0 fully saturated rings. The second-order valence-electron chi connectivity index (χ2n) is 5.90. The molecular weight excluding hydrogens is 367 g/mol. The van der Waals surface area contributed by atoms with E-state index in [1.165, 1.54) is 0 Å². The van der Waals surface area contributed by atoms with Gasteiger partial charge in [-0.2, -0.15) is 0 Å². The van der Waals surface area contributed by atoms with Gasteiger partial charge in [0.25, 0.3) is 5.91 Å². The van der Waals surface area contributed by atoms with Gasteiger partial charge in [0.1, 0.15) is 6.54 Å². The maximum absolute atomic E-state index is 12.2. The summed E-state index contributed by atoms with van der Waals surface area (Å²) in [6, 6.07) is 12.9. The zero-order valence-electron chi connectivity index (χ0n) is 13.6. The Morgan fingerprint density at radius 2 is 1.75 bits per heavy atom. The van der Waals surface area contributed by atoms with E-state index < -0.39 is 0 Å². The van der Waals surface area contributed by atoms with Gasteiger partial charge in [-0.15, -0.1) is 0 Å². The fourth-order valence-electron chi connectivity index (χ4n) is 2.44. The Bertz CT molecular complexity index is 704. The van der Waals surface area contributed by atoms with Gasteiger partial charge in [0.05, 0.1) is 23.1 Å². The minimum atomic E-state index is -0.129. The molecule has 0 heterocycles. The Labute approximate surface area is 157 Å². The average molecular weight is 387 g/mol. The molecule has 0 aliphatic carbocycles. The predicted octanol–water partition coefficient (Wildman–Crippen LogP) is 3.54. The molecule has 6 heteroatoms. The van der Waals surface area contributed by atoms with Gasteiger partial charge < -0.3 is 10.2 Å². The van der Waals surface area contributed by atoms with Gasteiger partial charge in [-0.05, 0) is 36.8 Å². The van der Waals surface area contributed by atoms with E-state index in [1.54, 1.807) is 12.1 Å². The first-order chi connectivity index (χ1) is 11.3. The van der Waals surface area contributed by atoms with E-state index in [1.807, 2.05) is 44.3 Å². The molecule has 2 rings (SSSR count). The zero-order valence-corrected chi connectivity index (χ0v) is 15.8. The minimum absolute atomic E-state index is 0.0139. The highest BCUT2D eigenvalue weighted by Crippen LogP contribution is 2.25. The molecule has 0 aliphatic rings. The molecule has 0 spiro atoms. The Morgan fingerprint density at radius 3 is 2.38 bits per heavy atom. The second kappa shape index (κ2) is 8.72. The molecular formula is C18H20Cl3N2O+. The number of nitrogens with one attached hydrogen (secondary N) is 2. The maximum atomic E-state index is 12.2. The second-order valence-corrected chi connectivity index (χ2v) is 7.15. The van der Waals surface area contributed by atoms with Crippen molar-refractivity contribution in [2.75, 3.05) is 13.6 Å². The number of hydrogen-bond acceptors (Lipinski definition) is 1. The summed E-state index contributed by atoms with van der Waals surface area (Å²) in [4.78, 5) is 13.3. The Hall–Kier alpha value is -1.26. The lowest BCUT2D eigenvalue weighted by Crippen LogP contribution is -3.08. The molecule has 2 aromatic rings. The van der Waals surface area contributed by atoms with Crippen LogP contribution in [0.25, 0.3) is 0 Å². The molecule has 128 valence electrons. The van der Waals surface area contributed by atoms with E-state index in [-0.39, 0.29) is 11.9 Å². The minimum Gasteiger partial charge on any atom is -0.345 e. The highest BCUT2D eigenvalue weighted by molar-refractivity contribution is 6.42. The lowest BCUT2D eigenvalue weighted by Gasteiger charge is -2.18. The number of hydrogen-bond donors (Lipinski definition) is 2. The average Bonchev–Trinajstić information content (AvgIpc) is 2.52. The standard InChI is InChI=1S/C18H19Cl3N2O/c1-12(14-5-8-16(20)17(21)9-14)22-18(24)11-23(2)10-13-3-6-15(19)7-4-13/h3-9,12H,10-11H2,1-2H3,(H,22,24)/p+1/t12-/m1/s1. The van der Waals surface area contributed by atoms with Crippen LogP contribution in [-0.4, -0.2) is 19.5 Å². The van der Waals surface area contributed by atoms with Crippen LogP contribution in [0.15, 0.2) is 42.5 Å². The van der Waals surface area contributed by atoms with Crippen LogP contribution in [-0.2, 0) is 11.3 Å². The highest BCUT2D eigenvalue weighted by Gasteiger charge is 2.15. The number of amides is 1. The third-order valence-electron chi connectivity index (χ3n) is 3.70. The number of carbonyl (C=O) groups is 1. The molecule has 1 amide bonds. The SMILES string of the molecule is C[C@@H](NC(=O)C[NH+](C)Cc1ccc(Cl)cc1)c1ccc(Cl)c(Cl)c1. The molecule has 24 heavy (non-hydrogen) atoms. The van der Waals surface area contributed by atoms with Crippen LogP contribution >= 0.6 is 34.8 Å². The molecule has 0 saturated heterocycles. The summed E-state index contributed by atoms with van der Waals surface area (Å²) in [5.74, 6) is -0.0139. The third kappa shape index (κ3) is 5.67. The molecule has 0 aromatic heterocycles. The molecule has 2 atom stereocenters. The van der Waals surface area contributed by atoms with Crippen LogP contribution in [0, 0.1) is 0 Å². The molecule has 0 aliphatic heterocycles. The molecule has 1 unspecified atom stereocenters. The first-order valence-electron chi connectivity index (χ1n) is 7.65. The van der Waals surface area contributed by atoms with E-state index in [0.29, 0.717) is 21.6 Å². The van der Waals surface area contributed by atoms with Crippen LogP contribution in [0.4, 0.5) is 0 Å². The summed E-state index contributed by atoms with van der Waals surface area (Å²) < 4.78 is 0. The zero-order chi connectivity index (χ0) is 17.7. The molecule has 0 bridgehead atoms. The van der Waals surface area contributed by atoms with Gasteiger partial charge in [-0.1, -0.05) is 53.0 Å². The van der Waals surface area contributed by atoms with Crippen molar-refractivity contribution in [1.29, 1.82) is 0 Å². The molecule has 2 aromatic carbocycles. The largest absolute Gasteiger partial charge is 0.345 e. The van der Waals surface area contributed by atoms with Crippen molar-refractivity contribution in [3.63, 3.8) is 0 Å². The van der Waals surface area contributed by atoms with Gasteiger partial charge in [0.15, 0.2) is 6.54 Å². The van der Waals surface area contributed by atoms with E-state index in [2.05, 4.69) is 5.32 Å². The van der Waals surface area contributed by atoms with Gasteiger partial charge in [0.2, 0.25) is 0 Å². The summed E-state index contributed by atoms with van der Waals surface area (Å²) in [5, 5.41) is 4.69. The van der Waals surface area contributed by atoms with Gasteiger partial charge in [0, 0.05) is 10.6 Å². The van der Waals surface area contributed by atoms with Gasteiger partial charge in [-0.3, -0.25) is 4.79 Å². The molecule has 2 N–H and O–H groups in total. The number of halogens is 3. The number of benzene rings is 2. The monoisotopic (exact) mass is 385 g/mol. The van der Waals surface area contributed by atoms with Crippen molar-refractivity contribution < 1.29 is 9.69 Å². The van der Waals surface area contributed by atoms with Crippen LogP contribution in [0.1, 0.15) is 24.1 Å². The van der Waals surface area contributed by atoms with Gasteiger partial charge in [-0.25, -0.2) is 0 Å². The highest BCUT2D eigenvalue weighted by atomic mass is 35.5. The van der Waals surface area contributed by atoms with E-state index in [4.69, 9.17) is 34.8 Å². The Balaban J connectivity index is 1.87. The van der Waals surface area contributed by atoms with E-state index in [0.717, 1.165) is 22.6 Å². The first kappa shape index (κ1) is 19.1. The van der Waals surface area contributed by atoms with E-state index >= 15 is 0 Å². The number of carbonyl (C=O) groups excluding carboxylic acids is 1. The van der Waals surface area contributed by atoms with Crippen molar-refractivity contribution >= 4 is 40.7 Å². The maximum Gasteiger partial charge on any atom is 0.275 e. The lowest BCUT2D eigenvalue weighted by molar-refractivity contribution is -0.885. The first-order valence-corrected chi connectivity index (χ1v) is 8.78. The fraction of sp³-hybridized carbons (Fsp3) is 0.278. The van der Waals surface area contributed by atoms with E-state index in [9.17, 15) is 4.79 Å². The predicted molar refractivity (Wildman–Crippen MR) is 99.9 cm³/mol. The smallest absolute Gasteiger partial charge is 0.275 e. The van der Waals surface area contributed by atoms with Crippen molar-refractivity contribution in [3.8, 4) is 0 Å². The summed E-state index contributed by atoms with van der Waals surface area (Å²) in [6.07, 6.45) is 0. The summed E-state index contributed by atoms with van der Waals surface area (Å²) in [5.41, 5.74) is 2.07. The number of quaternary nitrogens is 1. The molecule has 0 saturated carbocycles. The Kier molecular flexibility index (Phi) is 6.93. The quantitative estimate of drug-likeness (QED) is 0.782. The van der Waals surface area contributed by atoms with Crippen LogP contribution in [0.2, 0.25) is 15.1 Å². The number of rotatable bonds is 6. The number of likely N-dealkylation sites (N-methyl/N-ethyl adjacent to an activating group) is 1. The summed E-state index contributed by atoms with van der Waals surface area (Å²) in [7, 11) is 1.98. The van der Waals surface area contributed by atoms with Crippen molar-refractivity contribution in [1.82, 2.24) is 5.32 Å². The van der Waals surface area contributed by atoms with Crippen molar-refractivity contribution in [2.24, 2.45) is 0 Å². The lowest BCUT2D eigenvalue weighted by atomic mass is 10.1. The summed E-state index contributed by atoms with van der Waals surface area (Å²) >= 11 is 17.8. The van der Waals surface area contributed by atoms with Crippen molar-refractivity contribution in [2.45, 2.75) is 19.5 Å². The van der Waals surface area contributed by atoms with Crippen molar-refractivity contribution in [3.05, 3.63) is 68.7 Å². The normalized spacial score (nSPS) is 13.4. The third-order valence-corrected chi connectivity index (χ3v) is 4.69. The topological polar surface area (TPSA) is 33.5 Å². The summed E-state index contributed by atoms with van der Waals surface area (Å²) in [6.45, 7) is 3.06. The van der Waals surface area contributed by atoms with Gasteiger partial charge >= 0.3 is 0 Å². The fourth-order valence-corrected chi connectivity index (χ4v) is 2.88.